The van der Waals surface area contributed by atoms with E-state index in [1.54, 1.807) is 6.92 Å². The van der Waals surface area contributed by atoms with Crippen molar-refractivity contribution in [2.45, 2.75) is 13.5 Å². The third kappa shape index (κ3) is 4.10. The summed E-state index contributed by atoms with van der Waals surface area (Å²) in [6.07, 6.45) is 0. The molecule has 0 bridgehead atoms. The zero-order valence-electron chi connectivity index (χ0n) is 10.7. The average molecular weight is 318 g/mol. The predicted octanol–water partition coefficient (Wildman–Crippen LogP) is 4.28. The zero-order chi connectivity index (χ0) is 13.7. The van der Waals surface area contributed by atoms with Gasteiger partial charge in [-0.1, -0.05) is 46.3 Å². The second kappa shape index (κ2) is 6.38. The molecule has 0 aliphatic carbocycles. The lowest BCUT2D eigenvalue weighted by molar-refractivity contribution is 0.485. The van der Waals surface area contributed by atoms with Crippen LogP contribution >= 0.6 is 15.9 Å². The van der Waals surface area contributed by atoms with Gasteiger partial charge in [0.15, 0.2) is 0 Å². The first-order valence-corrected chi connectivity index (χ1v) is 6.83. The van der Waals surface area contributed by atoms with Gasteiger partial charge in [0.05, 0.1) is 12.2 Å². The summed E-state index contributed by atoms with van der Waals surface area (Å²) in [7, 11) is 0. The fourth-order valence-electron chi connectivity index (χ4n) is 1.69. The monoisotopic (exact) mass is 317 g/mol. The third-order valence-electron chi connectivity index (χ3n) is 2.70. The number of anilines is 1. The van der Waals surface area contributed by atoms with E-state index in [0.29, 0.717) is 12.4 Å². The molecule has 0 heterocycles. The summed E-state index contributed by atoms with van der Waals surface area (Å²) in [5.74, 6) is 0.478. The number of rotatable bonds is 4. The number of benzene rings is 2. The maximum absolute atomic E-state index is 7.85. The fraction of sp³-hybridized carbons (Fsp3) is 0.133. The summed E-state index contributed by atoms with van der Waals surface area (Å²) in [4.78, 5) is 0. The van der Waals surface area contributed by atoms with Crippen molar-refractivity contribution in [1.29, 1.82) is 5.41 Å². The van der Waals surface area contributed by atoms with E-state index in [0.717, 1.165) is 10.2 Å². The van der Waals surface area contributed by atoms with Crippen LogP contribution in [0.15, 0.2) is 59.1 Å². The smallest absolute Gasteiger partial charge is 0.112 e. The minimum Gasteiger partial charge on any atom is -0.297 e. The molecule has 19 heavy (non-hydrogen) atoms. The maximum Gasteiger partial charge on any atom is 0.112 e. The highest BCUT2D eigenvalue weighted by atomic mass is 79.9. The van der Waals surface area contributed by atoms with Crippen LogP contribution in [0, 0.1) is 5.41 Å². The van der Waals surface area contributed by atoms with Crippen LogP contribution in [-0.4, -0.2) is 10.8 Å². The summed E-state index contributed by atoms with van der Waals surface area (Å²) >= 11 is 3.41. The van der Waals surface area contributed by atoms with Gasteiger partial charge in [0, 0.05) is 4.47 Å². The number of amidine groups is 1. The van der Waals surface area contributed by atoms with E-state index >= 15 is 0 Å². The van der Waals surface area contributed by atoms with Crippen molar-refractivity contribution in [3.05, 3.63) is 64.6 Å². The quantitative estimate of drug-likeness (QED) is 0.502. The molecule has 2 rings (SSSR count). The molecule has 0 aromatic heterocycles. The molecule has 0 fully saturated rings. The Morgan fingerprint density at radius 1 is 1.11 bits per heavy atom. The lowest BCUT2D eigenvalue weighted by Crippen LogP contribution is -2.33. The normalized spacial score (nSPS) is 10.0. The number of nitrogens with zero attached hydrogens (tertiary/aromatic N) is 1. The maximum atomic E-state index is 7.85. The van der Waals surface area contributed by atoms with Crippen LogP contribution in [0.25, 0.3) is 0 Å². The van der Waals surface area contributed by atoms with Crippen LogP contribution in [-0.2, 0) is 6.54 Å². The van der Waals surface area contributed by atoms with Gasteiger partial charge in [-0.05, 0) is 36.8 Å². The van der Waals surface area contributed by atoms with Gasteiger partial charge < -0.3 is 0 Å². The van der Waals surface area contributed by atoms with Crippen molar-refractivity contribution < 1.29 is 0 Å². The number of halogens is 1. The molecule has 3 nitrogen and oxygen atoms in total. The Balaban J connectivity index is 2.08. The lowest BCUT2D eigenvalue weighted by Gasteiger charge is -2.25. The van der Waals surface area contributed by atoms with Crippen molar-refractivity contribution in [2.75, 3.05) is 5.43 Å². The van der Waals surface area contributed by atoms with Crippen molar-refractivity contribution in [1.82, 2.24) is 5.01 Å². The average Bonchev–Trinajstić information content (AvgIpc) is 2.41. The summed E-state index contributed by atoms with van der Waals surface area (Å²) in [6, 6.07) is 18.0. The van der Waals surface area contributed by atoms with Crippen LogP contribution in [0.1, 0.15) is 12.5 Å². The molecule has 0 amide bonds. The van der Waals surface area contributed by atoms with E-state index in [2.05, 4.69) is 33.5 Å². The summed E-state index contributed by atoms with van der Waals surface area (Å²) in [5.41, 5.74) is 5.37. The van der Waals surface area contributed by atoms with Crippen LogP contribution in [0.2, 0.25) is 0 Å². The van der Waals surface area contributed by atoms with Gasteiger partial charge in [0.1, 0.15) is 5.84 Å². The van der Waals surface area contributed by atoms with Gasteiger partial charge in [-0.25, -0.2) is 0 Å². The van der Waals surface area contributed by atoms with E-state index in [1.165, 1.54) is 5.56 Å². The van der Waals surface area contributed by atoms with Crippen molar-refractivity contribution in [3.8, 4) is 0 Å². The topological polar surface area (TPSA) is 39.1 Å². The van der Waals surface area contributed by atoms with Crippen LogP contribution in [0.4, 0.5) is 5.69 Å². The van der Waals surface area contributed by atoms with E-state index in [4.69, 9.17) is 5.41 Å². The Bertz CT molecular complexity index is 537. The van der Waals surface area contributed by atoms with Crippen molar-refractivity contribution in [2.24, 2.45) is 0 Å². The summed E-state index contributed by atoms with van der Waals surface area (Å²) < 4.78 is 1.04. The molecule has 0 aliphatic rings. The molecule has 0 saturated carbocycles. The Labute approximate surface area is 121 Å². The molecule has 2 aromatic carbocycles. The molecule has 0 unspecified atom stereocenters. The molecule has 0 saturated heterocycles. The minimum atomic E-state index is 0.478. The van der Waals surface area contributed by atoms with Gasteiger partial charge in [-0.15, -0.1) is 0 Å². The van der Waals surface area contributed by atoms with Crippen LogP contribution in [0.3, 0.4) is 0 Å². The van der Waals surface area contributed by atoms with Gasteiger partial charge in [0.25, 0.3) is 0 Å². The Hall–Kier alpha value is -1.81. The number of hydrogen-bond acceptors (Lipinski definition) is 2. The lowest BCUT2D eigenvalue weighted by atomic mass is 10.2. The number of hydrazine groups is 1. The fourth-order valence-corrected chi connectivity index (χ4v) is 1.95. The molecule has 4 heteroatoms. The second-order valence-corrected chi connectivity index (χ2v) is 5.19. The molecule has 0 spiro atoms. The van der Waals surface area contributed by atoms with E-state index < -0.39 is 0 Å². The van der Waals surface area contributed by atoms with E-state index in [-0.39, 0.29) is 0 Å². The highest BCUT2D eigenvalue weighted by Crippen LogP contribution is 2.15. The van der Waals surface area contributed by atoms with Gasteiger partial charge in [0.2, 0.25) is 0 Å². The predicted molar refractivity (Wildman–Crippen MR) is 83.2 cm³/mol. The summed E-state index contributed by atoms with van der Waals surface area (Å²) in [5, 5.41) is 9.66. The Kier molecular flexibility index (Phi) is 4.58. The molecular weight excluding hydrogens is 302 g/mol. The highest BCUT2D eigenvalue weighted by molar-refractivity contribution is 9.10. The number of hydrogen-bond donors (Lipinski definition) is 2. The first-order chi connectivity index (χ1) is 9.15. The molecule has 0 radical (unpaired) electrons. The first-order valence-electron chi connectivity index (χ1n) is 6.04. The van der Waals surface area contributed by atoms with Crippen LogP contribution < -0.4 is 5.43 Å². The standard InChI is InChI=1S/C15H16BrN3/c1-12(17)19(11-13-5-3-2-4-6-13)18-15-9-7-14(16)8-10-15/h2-10,17-18H,11H2,1H3. The Morgan fingerprint density at radius 3 is 2.32 bits per heavy atom. The summed E-state index contributed by atoms with van der Waals surface area (Å²) in [6.45, 7) is 2.43. The number of nitrogens with one attached hydrogen (secondary N) is 2. The van der Waals surface area contributed by atoms with E-state index in [9.17, 15) is 0 Å². The zero-order valence-corrected chi connectivity index (χ0v) is 12.3. The van der Waals surface area contributed by atoms with Crippen molar-refractivity contribution in [3.63, 3.8) is 0 Å². The SMILES string of the molecule is CC(=N)N(Cc1ccccc1)Nc1ccc(Br)cc1. The third-order valence-corrected chi connectivity index (χ3v) is 3.23. The first kappa shape index (κ1) is 13.6. The highest BCUT2D eigenvalue weighted by Gasteiger charge is 2.06. The molecule has 0 atom stereocenters. The largest absolute Gasteiger partial charge is 0.297 e. The van der Waals surface area contributed by atoms with E-state index in [1.807, 2.05) is 47.5 Å². The molecular formula is C15H16BrN3. The molecule has 0 aliphatic heterocycles. The molecule has 2 N–H and O–H groups in total. The minimum absolute atomic E-state index is 0.478. The van der Waals surface area contributed by atoms with Crippen LogP contribution in [0.5, 0.6) is 0 Å². The van der Waals surface area contributed by atoms with Gasteiger partial charge in [-0.2, -0.15) is 0 Å². The molecule has 98 valence electrons. The second-order valence-electron chi connectivity index (χ2n) is 4.28. The van der Waals surface area contributed by atoms with Gasteiger partial charge in [-0.3, -0.25) is 15.8 Å². The van der Waals surface area contributed by atoms with Gasteiger partial charge >= 0.3 is 0 Å². The van der Waals surface area contributed by atoms with Crippen molar-refractivity contribution >= 4 is 27.5 Å². The Morgan fingerprint density at radius 2 is 1.74 bits per heavy atom. The molecule has 2 aromatic rings.